The zero-order valence-corrected chi connectivity index (χ0v) is 7.27. The van der Waals surface area contributed by atoms with Gasteiger partial charge in [0.1, 0.15) is 0 Å². The van der Waals surface area contributed by atoms with E-state index in [9.17, 15) is 0 Å². The number of hydrogen-bond donors (Lipinski definition) is 2. The van der Waals surface area contributed by atoms with Crippen molar-refractivity contribution in [1.29, 1.82) is 0 Å². The van der Waals surface area contributed by atoms with Gasteiger partial charge in [0.2, 0.25) is 0 Å². The molecule has 0 aliphatic heterocycles. The summed E-state index contributed by atoms with van der Waals surface area (Å²) in [6.07, 6.45) is 1.89. The van der Waals surface area contributed by atoms with Crippen LogP contribution < -0.4 is 11.5 Å². The van der Waals surface area contributed by atoms with E-state index in [1.807, 2.05) is 13.2 Å². The fourth-order valence-corrected chi connectivity index (χ4v) is 1.09. The molecule has 0 fully saturated rings. The van der Waals surface area contributed by atoms with Gasteiger partial charge in [-0.2, -0.15) is 0 Å². The van der Waals surface area contributed by atoms with E-state index >= 15 is 0 Å². The van der Waals surface area contributed by atoms with Crippen LogP contribution in [0.5, 0.6) is 0 Å². The first-order valence-corrected chi connectivity index (χ1v) is 4.31. The summed E-state index contributed by atoms with van der Waals surface area (Å²) in [5.74, 6) is 0.363. The highest BCUT2D eigenvalue weighted by Crippen LogP contribution is 2.18. The van der Waals surface area contributed by atoms with Crippen molar-refractivity contribution in [1.82, 2.24) is 9.97 Å². The number of nitrogen functional groups attached to an aromatic ring is 2. The van der Waals surface area contributed by atoms with E-state index in [0.717, 1.165) is 5.69 Å². The highest BCUT2D eigenvalue weighted by Gasteiger charge is 2.03. The van der Waals surface area contributed by atoms with Crippen molar-refractivity contribution in [3.63, 3.8) is 0 Å². The number of nitrogens with zero attached hydrogens (tertiary/aromatic N) is 2. The lowest BCUT2D eigenvalue weighted by Crippen LogP contribution is -2.03. The minimum atomic E-state index is 0.363. The van der Waals surface area contributed by atoms with E-state index in [-0.39, 0.29) is 0 Å². The highest BCUT2D eigenvalue weighted by atomic mass is 32.2. The van der Waals surface area contributed by atoms with Crippen molar-refractivity contribution in [3.8, 4) is 0 Å². The van der Waals surface area contributed by atoms with Crippen LogP contribution in [-0.2, 0) is 0 Å². The van der Waals surface area contributed by atoms with Crippen molar-refractivity contribution in [2.24, 2.45) is 0 Å². The van der Waals surface area contributed by atoms with Gasteiger partial charge in [-0.3, -0.25) is 0 Å². The minimum Gasteiger partial charge on any atom is -0.394 e. The van der Waals surface area contributed by atoms with Gasteiger partial charge in [-0.15, -0.1) is 0 Å². The van der Waals surface area contributed by atoms with Crippen molar-refractivity contribution in [2.75, 3.05) is 17.7 Å². The number of thioether (sulfide) groups is 1. The number of anilines is 2. The largest absolute Gasteiger partial charge is 0.394 e. The molecular formula is C6H10N4S. The molecule has 0 aliphatic rings. The van der Waals surface area contributed by atoms with E-state index in [1.54, 1.807) is 0 Å². The lowest BCUT2D eigenvalue weighted by molar-refractivity contribution is 0.948. The van der Waals surface area contributed by atoms with Gasteiger partial charge >= 0.3 is 0 Å². The van der Waals surface area contributed by atoms with Gasteiger partial charge in [0.15, 0.2) is 11.0 Å². The summed E-state index contributed by atoms with van der Waals surface area (Å²) >= 11 is 1.45. The first-order valence-electron chi connectivity index (χ1n) is 3.08. The van der Waals surface area contributed by atoms with Gasteiger partial charge in [-0.25, -0.2) is 9.97 Å². The maximum atomic E-state index is 5.55. The van der Waals surface area contributed by atoms with Gasteiger partial charge in [-0.05, 0) is 13.2 Å². The predicted molar refractivity (Wildman–Crippen MR) is 47.4 cm³/mol. The van der Waals surface area contributed by atoms with Crippen molar-refractivity contribution >= 4 is 23.3 Å². The van der Waals surface area contributed by atoms with Crippen LogP contribution in [0, 0.1) is 6.92 Å². The third-order valence-electron chi connectivity index (χ3n) is 1.33. The van der Waals surface area contributed by atoms with Crippen LogP contribution in [0.25, 0.3) is 0 Å². The molecule has 0 radical (unpaired) electrons. The van der Waals surface area contributed by atoms with Crippen LogP contribution in [0.4, 0.5) is 11.5 Å². The van der Waals surface area contributed by atoms with E-state index in [2.05, 4.69) is 9.97 Å². The maximum absolute atomic E-state index is 5.55. The van der Waals surface area contributed by atoms with Crippen LogP contribution in [0.3, 0.4) is 0 Å². The van der Waals surface area contributed by atoms with Gasteiger partial charge in [0.25, 0.3) is 0 Å². The summed E-state index contributed by atoms with van der Waals surface area (Å²) in [5.41, 5.74) is 12.3. The molecular weight excluding hydrogens is 160 g/mol. The Bertz CT molecular complexity index is 250. The van der Waals surface area contributed by atoms with Crippen LogP contribution in [0.1, 0.15) is 5.69 Å². The molecule has 1 heterocycles. The Morgan fingerprint density at radius 3 is 2.36 bits per heavy atom. The lowest BCUT2D eigenvalue weighted by atomic mass is 10.4. The second kappa shape index (κ2) is 2.96. The van der Waals surface area contributed by atoms with Crippen LogP contribution >= 0.6 is 11.8 Å². The third kappa shape index (κ3) is 1.54. The lowest BCUT2D eigenvalue weighted by Gasteiger charge is -2.03. The van der Waals surface area contributed by atoms with Crippen molar-refractivity contribution < 1.29 is 0 Å². The van der Waals surface area contributed by atoms with E-state index in [1.165, 1.54) is 11.8 Å². The zero-order chi connectivity index (χ0) is 8.43. The van der Waals surface area contributed by atoms with E-state index in [0.29, 0.717) is 16.7 Å². The Labute approximate surface area is 69.4 Å². The number of rotatable bonds is 1. The van der Waals surface area contributed by atoms with Crippen LogP contribution in [0.15, 0.2) is 5.16 Å². The summed E-state index contributed by atoms with van der Waals surface area (Å²) in [5, 5.41) is 0.661. The zero-order valence-electron chi connectivity index (χ0n) is 6.46. The Balaban J connectivity index is 3.21. The molecule has 0 amide bonds. The molecule has 0 saturated heterocycles. The smallest absolute Gasteiger partial charge is 0.189 e. The topological polar surface area (TPSA) is 77.8 Å². The molecule has 0 aromatic carbocycles. The number of aromatic nitrogens is 2. The Morgan fingerprint density at radius 1 is 1.27 bits per heavy atom. The van der Waals surface area contributed by atoms with Crippen LogP contribution in [-0.4, -0.2) is 16.2 Å². The summed E-state index contributed by atoms with van der Waals surface area (Å²) in [6.45, 7) is 1.81. The quantitative estimate of drug-likeness (QED) is 0.478. The Kier molecular flexibility index (Phi) is 2.19. The van der Waals surface area contributed by atoms with Crippen LogP contribution in [0.2, 0.25) is 0 Å². The molecule has 1 aromatic heterocycles. The monoisotopic (exact) mass is 170 g/mol. The Hall–Kier alpha value is -0.970. The molecule has 1 aromatic rings. The predicted octanol–water partition coefficient (Wildman–Crippen LogP) is 0.671. The standard InChI is InChI=1S/C6H10N4S/c1-3-4(7)5(8)10-6(9-3)11-2/h7H2,1-2H3,(H2,8,9,10). The fourth-order valence-electron chi connectivity index (χ4n) is 0.669. The van der Waals surface area contributed by atoms with Gasteiger partial charge in [-0.1, -0.05) is 11.8 Å². The molecule has 60 valence electrons. The van der Waals surface area contributed by atoms with Crippen molar-refractivity contribution in [2.45, 2.75) is 12.1 Å². The first-order chi connectivity index (χ1) is 5.15. The number of aryl methyl sites for hydroxylation is 1. The maximum Gasteiger partial charge on any atom is 0.189 e. The summed E-state index contributed by atoms with van der Waals surface area (Å²) in [7, 11) is 0. The summed E-state index contributed by atoms with van der Waals surface area (Å²) in [6, 6.07) is 0. The molecule has 5 heteroatoms. The molecule has 0 bridgehead atoms. The normalized spacial score (nSPS) is 10.0. The highest BCUT2D eigenvalue weighted by molar-refractivity contribution is 7.98. The first kappa shape index (κ1) is 8.13. The molecule has 0 spiro atoms. The average molecular weight is 170 g/mol. The molecule has 0 atom stereocenters. The van der Waals surface area contributed by atoms with Gasteiger partial charge in [0, 0.05) is 0 Å². The van der Waals surface area contributed by atoms with E-state index in [4.69, 9.17) is 11.5 Å². The number of hydrogen-bond acceptors (Lipinski definition) is 5. The molecule has 0 aliphatic carbocycles. The molecule has 0 unspecified atom stereocenters. The fraction of sp³-hybridized carbons (Fsp3) is 0.333. The average Bonchev–Trinajstić information content (AvgIpc) is 1.99. The van der Waals surface area contributed by atoms with E-state index < -0.39 is 0 Å². The second-order valence-electron chi connectivity index (χ2n) is 2.09. The second-order valence-corrected chi connectivity index (χ2v) is 2.87. The Morgan fingerprint density at radius 2 is 1.91 bits per heavy atom. The minimum absolute atomic E-state index is 0.363. The summed E-state index contributed by atoms with van der Waals surface area (Å²) < 4.78 is 0. The molecule has 1 rings (SSSR count). The SMILES string of the molecule is CSc1nc(C)c(N)c(N)n1. The molecule has 0 saturated carbocycles. The third-order valence-corrected chi connectivity index (χ3v) is 1.88. The van der Waals surface area contributed by atoms with Crippen molar-refractivity contribution in [3.05, 3.63) is 5.69 Å². The van der Waals surface area contributed by atoms with Gasteiger partial charge in [0.05, 0.1) is 11.4 Å². The molecule has 11 heavy (non-hydrogen) atoms. The molecule has 4 N–H and O–H groups in total. The summed E-state index contributed by atoms with van der Waals surface area (Å²) in [4.78, 5) is 8.06. The van der Waals surface area contributed by atoms with Gasteiger partial charge < -0.3 is 11.5 Å². The molecule has 4 nitrogen and oxygen atoms in total. The number of nitrogens with two attached hydrogens (primary N) is 2.